The van der Waals surface area contributed by atoms with Gasteiger partial charge in [-0.2, -0.15) is 29.6 Å². The third-order valence-corrected chi connectivity index (χ3v) is 7.21. The lowest BCUT2D eigenvalue weighted by Gasteiger charge is -2.22. The van der Waals surface area contributed by atoms with Gasteiger partial charge in [-0.1, -0.05) is 12.1 Å². The number of nitrogens with zero attached hydrogens (tertiary/aromatic N) is 4. The van der Waals surface area contributed by atoms with E-state index in [1.54, 1.807) is 23.0 Å². The van der Waals surface area contributed by atoms with Crippen LogP contribution in [0, 0.1) is 5.41 Å². The second-order valence-electron chi connectivity index (χ2n) is 9.19. The van der Waals surface area contributed by atoms with Gasteiger partial charge in [0.1, 0.15) is 11.6 Å². The van der Waals surface area contributed by atoms with E-state index < -0.39 is 23.3 Å². The van der Waals surface area contributed by atoms with Gasteiger partial charge in [-0.25, -0.2) is 9.48 Å². The molecule has 13 heteroatoms. The van der Waals surface area contributed by atoms with E-state index >= 15 is 0 Å². The zero-order chi connectivity index (χ0) is 26.8. The Kier molecular flexibility index (Phi) is 7.55. The highest BCUT2D eigenvalue weighted by molar-refractivity contribution is 7.07. The molecule has 0 radical (unpaired) electrons. The molecule has 1 saturated heterocycles. The molecular weight excluding hydrogens is 513 g/mol. The smallest absolute Gasteiger partial charge is 0.490 e. The van der Waals surface area contributed by atoms with Crippen molar-refractivity contribution < 1.29 is 27.8 Å². The Hall–Kier alpha value is -3.45. The van der Waals surface area contributed by atoms with Crippen LogP contribution in [-0.2, 0) is 30.8 Å². The first kappa shape index (κ1) is 26.6. The Balaban J connectivity index is 0.000000405. The number of alkyl halides is 3. The summed E-state index contributed by atoms with van der Waals surface area (Å²) >= 11 is 1.72. The number of carboxylic acids is 1. The number of methoxy groups -OCH3 is 1. The predicted octanol–water partition coefficient (Wildman–Crippen LogP) is 2.61. The van der Waals surface area contributed by atoms with Crippen molar-refractivity contribution in [2.24, 2.45) is 5.41 Å². The maximum atomic E-state index is 12.8. The molecule has 1 fully saturated rings. The number of ether oxygens (including phenoxy) is 1. The minimum absolute atomic E-state index is 0.000911. The number of hydrogen-bond acceptors (Lipinski definition) is 7. The predicted molar refractivity (Wildman–Crippen MR) is 129 cm³/mol. The van der Waals surface area contributed by atoms with Crippen LogP contribution in [0.25, 0.3) is 0 Å². The van der Waals surface area contributed by atoms with Crippen LogP contribution in [0.2, 0.25) is 0 Å². The molecule has 37 heavy (non-hydrogen) atoms. The molecule has 0 saturated carbocycles. The van der Waals surface area contributed by atoms with Crippen molar-refractivity contribution in [2.45, 2.75) is 38.7 Å². The molecule has 0 amide bonds. The van der Waals surface area contributed by atoms with Crippen LogP contribution >= 0.6 is 11.3 Å². The largest absolute Gasteiger partial charge is 0.497 e. The first-order valence-electron chi connectivity index (χ1n) is 11.4. The van der Waals surface area contributed by atoms with Gasteiger partial charge in [0.2, 0.25) is 0 Å². The van der Waals surface area contributed by atoms with E-state index in [2.05, 4.69) is 26.8 Å². The van der Waals surface area contributed by atoms with E-state index in [9.17, 15) is 22.8 Å². The topological polar surface area (TPSA) is 107 Å². The van der Waals surface area contributed by atoms with Gasteiger partial charge in [0.25, 0.3) is 0 Å². The zero-order valence-electron chi connectivity index (χ0n) is 19.9. The summed E-state index contributed by atoms with van der Waals surface area (Å²) in [6.45, 7) is 3.75. The second kappa shape index (κ2) is 10.5. The summed E-state index contributed by atoms with van der Waals surface area (Å²) in [5.74, 6) is -1.28. The van der Waals surface area contributed by atoms with E-state index in [1.807, 2.05) is 24.3 Å². The number of likely N-dealkylation sites (tertiary alicyclic amines) is 1. The van der Waals surface area contributed by atoms with Crippen LogP contribution in [0.5, 0.6) is 5.75 Å². The quantitative estimate of drug-likeness (QED) is 0.498. The number of aliphatic carboxylic acids is 1. The molecule has 0 bridgehead atoms. The minimum atomic E-state index is -5.08. The average Bonchev–Trinajstić information content (AvgIpc) is 3.59. The van der Waals surface area contributed by atoms with Crippen molar-refractivity contribution in [1.82, 2.24) is 19.2 Å². The molecule has 0 aliphatic carbocycles. The minimum Gasteiger partial charge on any atom is -0.497 e. The van der Waals surface area contributed by atoms with Gasteiger partial charge in [-0.15, -0.1) is 0 Å². The highest BCUT2D eigenvalue weighted by atomic mass is 32.1. The normalized spacial score (nSPS) is 18.9. The number of benzene rings is 1. The Morgan fingerprint density at radius 2 is 1.81 bits per heavy atom. The number of hydrogen-bond donors (Lipinski definition) is 1. The third kappa shape index (κ3) is 6.10. The van der Waals surface area contributed by atoms with E-state index in [1.165, 1.54) is 10.2 Å². The van der Waals surface area contributed by atoms with Crippen molar-refractivity contribution in [3.8, 4) is 5.75 Å². The van der Waals surface area contributed by atoms with Crippen LogP contribution in [0.15, 0.2) is 50.7 Å². The molecule has 1 spiro atoms. The highest BCUT2D eigenvalue weighted by Gasteiger charge is 2.44. The van der Waals surface area contributed by atoms with Gasteiger partial charge in [0, 0.05) is 31.5 Å². The van der Waals surface area contributed by atoms with Gasteiger partial charge in [0.15, 0.2) is 0 Å². The molecule has 1 atom stereocenters. The van der Waals surface area contributed by atoms with Crippen LogP contribution in [0.4, 0.5) is 13.2 Å². The van der Waals surface area contributed by atoms with Crippen molar-refractivity contribution in [3.05, 3.63) is 78.8 Å². The Labute approximate surface area is 213 Å². The van der Waals surface area contributed by atoms with E-state index in [-0.39, 0.29) is 12.0 Å². The lowest BCUT2D eigenvalue weighted by Crippen LogP contribution is -2.43. The molecule has 2 aliphatic rings. The SMILES string of the molecule is COc1ccc(Cn2nc3n(c(=O)c2=O)CC2(CCN(Cc4ccsc4)C2)C3)cc1.O=C(O)C(F)(F)F. The van der Waals surface area contributed by atoms with Crippen LogP contribution in [-0.4, -0.2) is 56.7 Å². The van der Waals surface area contributed by atoms with Crippen LogP contribution in [0.1, 0.15) is 23.4 Å². The molecule has 4 heterocycles. The van der Waals surface area contributed by atoms with Gasteiger partial charge >= 0.3 is 23.3 Å². The number of fused-ring (bicyclic) bond motifs is 1. The summed E-state index contributed by atoms with van der Waals surface area (Å²) in [6, 6.07) is 9.63. The molecule has 1 N–H and O–H groups in total. The van der Waals surface area contributed by atoms with E-state index in [0.717, 1.165) is 49.6 Å². The summed E-state index contributed by atoms with van der Waals surface area (Å²) in [5, 5.41) is 16.0. The van der Waals surface area contributed by atoms with Crippen molar-refractivity contribution in [2.75, 3.05) is 20.2 Å². The van der Waals surface area contributed by atoms with Crippen LogP contribution in [0.3, 0.4) is 0 Å². The van der Waals surface area contributed by atoms with Gasteiger partial charge < -0.3 is 9.84 Å². The fraction of sp³-hybridized carbons (Fsp3) is 0.417. The molecule has 3 aromatic rings. The number of aromatic nitrogens is 3. The number of carbonyl (C=O) groups is 1. The number of rotatable bonds is 5. The Morgan fingerprint density at radius 3 is 2.41 bits per heavy atom. The third-order valence-electron chi connectivity index (χ3n) is 6.47. The lowest BCUT2D eigenvalue weighted by molar-refractivity contribution is -0.192. The van der Waals surface area contributed by atoms with Crippen molar-refractivity contribution >= 4 is 17.3 Å². The molecule has 1 aromatic carbocycles. The average molecular weight is 539 g/mol. The van der Waals surface area contributed by atoms with Gasteiger partial charge in [-0.05, 0) is 53.1 Å². The maximum absolute atomic E-state index is 12.8. The molecular formula is C24H25F3N4O5S. The fourth-order valence-corrected chi connectivity index (χ4v) is 5.35. The molecule has 198 valence electrons. The summed E-state index contributed by atoms with van der Waals surface area (Å²) < 4.78 is 39.8. The summed E-state index contributed by atoms with van der Waals surface area (Å²) in [5.41, 5.74) is 1.23. The number of thiophene rings is 1. The van der Waals surface area contributed by atoms with Gasteiger partial charge in [0.05, 0.1) is 13.7 Å². The van der Waals surface area contributed by atoms with Crippen LogP contribution < -0.4 is 15.9 Å². The molecule has 2 aromatic heterocycles. The maximum Gasteiger partial charge on any atom is 0.490 e. The Morgan fingerprint density at radius 1 is 1.11 bits per heavy atom. The van der Waals surface area contributed by atoms with E-state index in [4.69, 9.17) is 14.6 Å². The van der Waals surface area contributed by atoms with Crippen molar-refractivity contribution in [3.63, 3.8) is 0 Å². The molecule has 1 unspecified atom stereocenters. The summed E-state index contributed by atoms with van der Waals surface area (Å²) in [7, 11) is 1.61. The molecule has 2 aliphatic heterocycles. The van der Waals surface area contributed by atoms with Gasteiger partial charge in [-0.3, -0.25) is 19.1 Å². The first-order valence-corrected chi connectivity index (χ1v) is 12.3. The number of halogens is 3. The summed E-state index contributed by atoms with van der Waals surface area (Å²) in [4.78, 5) is 36.8. The van der Waals surface area contributed by atoms with E-state index in [0.29, 0.717) is 6.54 Å². The Bertz CT molecular complexity index is 1370. The zero-order valence-corrected chi connectivity index (χ0v) is 20.7. The number of carboxylic acid groups (broad SMARTS) is 1. The fourth-order valence-electron chi connectivity index (χ4n) is 4.69. The highest BCUT2D eigenvalue weighted by Crippen LogP contribution is 2.39. The summed E-state index contributed by atoms with van der Waals surface area (Å²) in [6.07, 6.45) is -3.32. The first-order chi connectivity index (χ1) is 17.5. The lowest BCUT2D eigenvalue weighted by atomic mass is 9.86. The molecule has 5 rings (SSSR count). The monoisotopic (exact) mass is 538 g/mol. The molecule has 9 nitrogen and oxygen atoms in total. The standard InChI is InChI=1S/C22H24N4O3S.C2HF3O2/c1-29-18-4-2-16(3-5-18)12-26-21(28)20(27)25-15-22(10-19(25)23-26)7-8-24(14-22)11-17-6-9-30-13-17;3-2(4,5)1(6)7/h2-6,9,13H,7-8,10-12,14-15H2,1H3;(H,6,7). The van der Waals surface area contributed by atoms with Crippen molar-refractivity contribution in [1.29, 1.82) is 0 Å². The second-order valence-corrected chi connectivity index (χ2v) is 9.97.